The summed E-state index contributed by atoms with van der Waals surface area (Å²) in [6, 6.07) is 9.04. The topological polar surface area (TPSA) is 25.2 Å². The largest absolute Gasteiger partial charge is 0.392 e. The molecule has 25 heavy (non-hydrogen) atoms. The Bertz CT molecular complexity index is 937. The molecule has 4 rings (SSSR count). The highest BCUT2D eigenvalue weighted by molar-refractivity contribution is 5.91. The van der Waals surface area contributed by atoms with Gasteiger partial charge in [0.15, 0.2) is 0 Å². The predicted molar refractivity (Wildman–Crippen MR) is 99.5 cm³/mol. The summed E-state index contributed by atoms with van der Waals surface area (Å²) < 4.78 is 15.7. The second kappa shape index (κ2) is 6.30. The lowest BCUT2D eigenvalue weighted by Gasteiger charge is -2.16. The number of hydrogen-bond donors (Lipinski definition) is 1. The fraction of sp³-hybridized carbons (Fsp3) is 0.364. The number of fused-ring (bicyclic) bond motifs is 3. The average Bonchev–Trinajstić information content (AvgIpc) is 2.91. The smallest absolute Gasteiger partial charge is 0.123 e. The third-order valence-corrected chi connectivity index (χ3v) is 5.68. The van der Waals surface area contributed by atoms with Gasteiger partial charge in [-0.05, 0) is 85.5 Å². The number of hydrogen-bond acceptors (Lipinski definition) is 1. The molecule has 1 aliphatic rings. The van der Waals surface area contributed by atoms with E-state index in [9.17, 15) is 9.50 Å². The molecule has 1 N–H and O–H groups in total. The van der Waals surface area contributed by atoms with Crippen molar-refractivity contribution < 1.29 is 9.50 Å². The third-order valence-electron chi connectivity index (χ3n) is 5.68. The summed E-state index contributed by atoms with van der Waals surface area (Å²) in [6.45, 7) is 5.07. The molecular weight excluding hydrogens is 313 g/mol. The molecule has 0 bridgehead atoms. The molecule has 0 fully saturated rings. The Balaban J connectivity index is 1.95. The highest BCUT2D eigenvalue weighted by Crippen LogP contribution is 2.37. The first-order valence-corrected chi connectivity index (χ1v) is 9.08. The zero-order chi connectivity index (χ0) is 17.6. The maximum Gasteiger partial charge on any atom is 0.123 e. The van der Waals surface area contributed by atoms with Gasteiger partial charge in [-0.25, -0.2) is 4.39 Å². The van der Waals surface area contributed by atoms with Gasteiger partial charge in [0.2, 0.25) is 0 Å². The van der Waals surface area contributed by atoms with Gasteiger partial charge >= 0.3 is 0 Å². The minimum absolute atomic E-state index is 0.0888. The normalized spacial score (nSPS) is 14.1. The lowest BCUT2D eigenvalue weighted by Crippen LogP contribution is -2.09. The average molecular weight is 337 g/mol. The number of halogens is 1. The highest BCUT2D eigenvalue weighted by Gasteiger charge is 2.23. The first-order chi connectivity index (χ1) is 12.1. The van der Waals surface area contributed by atoms with E-state index in [1.54, 1.807) is 0 Å². The second-order valence-corrected chi connectivity index (χ2v) is 7.19. The van der Waals surface area contributed by atoms with Crippen molar-refractivity contribution in [1.82, 2.24) is 4.57 Å². The van der Waals surface area contributed by atoms with Crippen LogP contribution in [0.1, 0.15) is 46.4 Å². The third kappa shape index (κ3) is 2.67. The quantitative estimate of drug-likeness (QED) is 0.728. The van der Waals surface area contributed by atoms with Gasteiger partial charge < -0.3 is 9.67 Å². The zero-order valence-electron chi connectivity index (χ0n) is 14.9. The van der Waals surface area contributed by atoms with Crippen LogP contribution in [0.2, 0.25) is 0 Å². The fourth-order valence-corrected chi connectivity index (χ4v) is 4.40. The number of nitrogens with zero attached hydrogens (tertiary/aromatic N) is 1. The molecule has 0 saturated heterocycles. The minimum Gasteiger partial charge on any atom is -0.392 e. The van der Waals surface area contributed by atoms with Crippen LogP contribution in [0.5, 0.6) is 0 Å². The van der Waals surface area contributed by atoms with Crippen molar-refractivity contribution in [3.8, 4) is 0 Å². The van der Waals surface area contributed by atoms with E-state index in [0.29, 0.717) is 0 Å². The van der Waals surface area contributed by atoms with Gasteiger partial charge in [0.1, 0.15) is 5.82 Å². The van der Waals surface area contributed by atoms with E-state index >= 15 is 0 Å². The molecule has 130 valence electrons. The Morgan fingerprint density at radius 2 is 1.80 bits per heavy atom. The molecule has 0 aliphatic heterocycles. The molecular formula is C22H24FNO. The molecule has 0 atom stereocenters. The monoisotopic (exact) mass is 337 g/mol. The van der Waals surface area contributed by atoms with Gasteiger partial charge in [-0.1, -0.05) is 12.1 Å². The molecule has 1 aromatic heterocycles. The van der Waals surface area contributed by atoms with Crippen LogP contribution in [0.3, 0.4) is 0 Å². The Kier molecular flexibility index (Phi) is 4.12. The van der Waals surface area contributed by atoms with E-state index in [2.05, 4.69) is 24.5 Å². The molecule has 2 nitrogen and oxygen atoms in total. The van der Waals surface area contributed by atoms with E-state index in [1.165, 1.54) is 52.7 Å². The van der Waals surface area contributed by atoms with Gasteiger partial charge in [-0.3, -0.25) is 0 Å². The summed E-state index contributed by atoms with van der Waals surface area (Å²) >= 11 is 0. The Morgan fingerprint density at radius 3 is 2.52 bits per heavy atom. The minimum atomic E-state index is -0.192. The summed E-state index contributed by atoms with van der Waals surface area (Å²) in [5, 5.41) is 11.1. The van der Waals surface area contributed by atoms with Gasteiger partial charge in [0, 0.05) is 23.1 Å². The van der Waals surface area contributed by atoms with Crippen molar-refractivity contribution >= 4 is 10.9 Å². The van der Waals surface area contributed by atoms with E-state index in [1.807, 2.05) is 12.1 Å². The Hall–Kier alpha value is -2.13. The van der Waals surface area contributed by atoms with Crippen LogP contribution in [0.15, 0.2) is 30.3 Å². The van der Waals surface area contributed by atoms with Crippen LogP contribution in [-0.4, -0.2) is 9.67 Å². The number of aliphatic hydroxyl groups is 1. The molecule has 0 spiro atoms. The first-order valence-electron chi connectivity index (χ1n) is 9.08. The standard InChI is InChI=1S/C22H24FNO/c1-14-11-21-22(15(2)19(14)13-25)18-5-3-4-6-20(18)24(21)12-16-7-9-17(23)10-8-16/h7-11,25H,3-6,12-13H2,1-2H3. The predicted octanol–water partition coefficient (Wildman–Crippen LogP) is 4.82. The Labute approximate surface area is 147 Å². The van der Waals surface area contributed by atoms with Gasteiger partial charge in [-0.15, -0.1) is 0 Å². The number of rotatable bonds is 3. The van der Waals surface area contributed by atoms with Gasteiger partial charge in [0.25, 0.3) is 0 Å². The lowest BCUT2D eigenvalue weighted by atomic mass is 9.91. The van der Waals surface area contributed by atoms with E-state index in [-0.39, 0.29) is 12.4 Å². The molecule has 3 heteroatoms. The van der Waals surface area contributed by atoms with Crippen molar-refractivity contribution in [3.05, 3.63) is 69.7 Å². The van der Waals surface area contributed by atoms with Crippen LogP contribution in [0, 0.1) is 19.7 Å². The molecule has 2 aromatic carbocycles. The summed E-state index contributed by atoms with van der Waals surface area (Å²) in [5.74, 6) is -0.192. The van der Waals surface area contributed by atoms with Crippen molar-refractivity contribution in [3.63, 3.8) is 0 Å². The van der Waals surface area contributed by atoms with Crippen LogP contribution < -0.4 is 0 Å². The maximum atomic E-state index is 13.3. The summed E-state index contributed by atoms with van der Waals surface area (Å²) in [5.41, 5.74) is 8.66. The van der Waals surface area contributed by atoms with Crippen molar-refractivity contribution in [2.24, 2.45) is 0 Å². The fourth-order valence-electron chi connectivity index (χ4n) is 4.40. The van der Waals surface area contributed by atoms with E-state index in [4.69, 9.17) is 0 Å². The molecule has 1 heterocycles. The summed E-state index contributed by atoms with van der Waals surface area (Å²) in [6.07, 6.45) is 4.65. The Morgan fingerprint density at radius 1 is 1.08 bits per heavy atom. The number of aryl methyl sites for hydroxylation is 3. The number of aliphatic hydroxyl groups excluding tert-OH is 1. The summed E-state index contributed by atoms with van der Waals surface area (Å²) in [7, 11) is 0. The summed E-state index contributed by atoms with van der Waals surface area (Å²) in [4.78, 5) is 0. The maximum absolute atomic E-state index is 13.3. The van der Waals surface area contributed by atoms with Gasteiger partial charge in [0.05, 0.1) is 6.61 Å². The number of benzene rings is 2. The van der Waals surface area contributed by atoms with Gasteiger partial charge in [-0.2, -0.15) is 0 Å². The van der Waals surface area contributed by atoms with Crippen molar-refractivity contribution in [2.75, 3.05) is 0 Å². The molecule has 1 aliphatic carbocycles. The molecule has 0 radical (unpaired) electrons. The lowest BCUT2D eigenvalue weighted by molar-refractivity contribution is 0.280. The molecule has 0 unspecified atom stereocenters. The second-order valence-electron chi connectivity index (χ2n) is 7.19. The SMILES string of the molecule is Cc1cc2c(c(C)c1CO)c1c(n2Cc2ccc(F)cc2)CCCC1. The van der Waals surface area contributed by atoms with Crippen LogP contribution in [-0.2, 0) is 26.0 Å². The molecule has 0 amide bonds. The van der Waals surface area contributed by atoms with Crippen molar-refractivity contribution in [2.45, 2.75) is 52.7 Å². The van der Waals surface area contributed by atoms with Crippen LogP contribution in [0.4, 0.5) is 4.39 Å². The molecule has 0 saturated carbocycles. The first kappa shape index (κ1) is 16.3. The number of aromatic nitrogens is 1. The molecule has 3 aromatic rings. The van der Waals surface area contributed by atoms with Crippen LogP contribution in [0.25, 0.3) is 10.9 Å². The van der Waals surface area contributed by atoms with E-state index in [0.717, 1.165) is 36.1 Å². The zero-order valence-corrected chi connectivity index (χ0v) is 14.9. The van der Waals surface area contributed by atoms with Crippen LogP contribution >= 0.6 is 0 Å². The van der Waals surface area contributed by atoms with E-state index < -0.39 is 0 Å². The van der Waals surface area contributed by atoms with Crippen molar-refractivity contribution in [1.29, 1.82) is 0 Å². The highest BCUT2D eigenvalue weighted by atomic mass is 19.1.